The summed E-state index contributed by atoms with van der Waals surface area (Å²) in [6.45, 7) is 6.14. The van der Waals surface area contributed by atoms with Crippen molar-refractivity contribution in [1.82, 2.24) is 4.57 Å². The van der Waals surface area contributed by atoms with Crippen LogP contribution < -0.4 is 4.74 Å². The fraction of sp³-hybridized carbons (Fsp3) is 0.190. The Kier molecular flexibility index (Phi) is 5.07. The number of hydrogen-bond donors (Lipinski definition) is 0. The Labute approximate surface area is 157 Å². The van der Waals surface area contributed by atoms with Gasteiger partial charge in [0.1, 0.15) is 11.4 Å². The van der Waals surface area contributed by atoms with Gasteiger partial charge < -0.3 is 9.30 Å². The van der Waals surface area contributed by atoms with Gasteiger partial charge in [-0.1, -0.05) is 12.1 Å². The summed E-state index contributed by atoms with van der Waals surface area (Å²) in [6, 6.07) is 14.7. The maximum Gasteiger partial charge on any atom is 0.271 e. The third-order valence-electron chi connectivity index (χ3n) is 4.45. The molecule has 0 N–H and O–H groups in total. The number of non-ortho nitro benzene ring substituents is 1. The van der Waals surface area contributed by atoms with Crippen LogP contribution in [0.2, 0.25) is 0 Å². The average molecular weight is 363 g/mol. The van der Waals surface area contributed by atoms with Gasteiger partial charge in [0.15, 0.2) is 0 Å². The molecule has 138 valence electrons. The molecular weight excluding hydrogens is 342 g/mol. The van der Waals surface area contributed by atoms with Gasteiger partial charge in [-0.3, -0.25) is 15.1 Å². The minimum atomic E-state index is -0.442. The molecule has 0 unspecified atom stereocenters. The molecule has 0 fully saturated rings. The van der Waals surface area contributed by atoms with Gasteiger partial charge in [-0.2, -0.15) is 0 Å². The van der Waals surface area contributed by atoms with Crippen LogP contribution in [0.25, 0.3) is 5.69 Å². The predicted octanol–water partition coefficient (Wildman–Crippen LogP) is 5.07. The predicted molar refractivity (Wildman–Crippen MR) is 107 cm³/mol. The Morgan fingerprint density at radius 3 is 2.56 bits per heavy atom. The summed E-state index contributed by atoms with van der Waals surface area (Å²) in [7, 11) is 1.52. The highest BCUT2D eigenvalue weighted by Crippen LogP contribution is 2.31. The first-order chi connectivity index (χ1) is 12.9. The molecule has 0 atom stereocenters. The van der Waals surface area contributed by atoms with Crippen molar-refractivity contribution < 1.29 is 9.66 Å². The van der Waals surface area contributed by atoms with Crippen LogP contribution >= 0.6 is 0 Å². The van der Waals surface area contributed by atoms with Gasteiger partial charge >= 0.3 is 0 Å². The zero-order chi connectivity index (χ0) is 19.6. The van der Waals surface area contributed by atoms with Crippen LogP contribution in [0.15, 0.2) is 53.5 Å². The summed E-state index contributed by atoms with van der Waals surface area (Å²) in [5.74, 6) is 0.490. The van der Waals surface area contributed by atoms with Gasteiger partial charge in [-0.25, -0.2) is 0 Å². The zero-order valence-electron chi connectivity index (χ0n) is 15.8. The van der Waals surface area contributed by atoms with Gasteiger partial charge in [0.2, 0.25) is 0 Å². The molecule has 0 saturated carbocycles. The molecule has 0 bridgehead atoms. The number of nitro groups is 1. The molecule has 3 rings (SSSR count). The van der Waals surface area contributed by atoms with E-state index in [4.69, 9.17) is 4.74 Å². The molecule has 0 radical (unpaired) electrons. The van der Waals surface area contributed by atoms with Crippen molar-refractivity contribution in [3.05, 3.63) is 81.2 Å². The minimum absolute atomic E-state index is 0.0202. The largest absolute Gasteiger partial charge is 0.494 e. The summed E-state index contributed by atoms with van der Waals surface area (Å²) in [5, 5.41) is 11.0. The van der Waals surface area contributed by atoms with E-state index < -0.39 is 4.92 Å². The number of nitro benzene ring substituents is 1. The normalized spacial score (nSPS) is 11.1. The number of aromatic nitrogens is 1. The third kappa shape index (κ3) is 3.74. The van der Waals surface area contributed by atoms with Crippen LogP contribution in [-0.4, -0.2) is 22.8 Å². The summed E-state index contributed by atoms with van der Waals surface area (Å²) in [5.41, 5.74) is 5.77. The minimum Gasteiger partial charge on any atom is -0.494 e. The van der Waals surface area contributed by atoms with Gasteiger partial charge in [0.05, 0.1) is 12.0 Å². The smallest absolute Gasteiger partial charge is 0.271 e. The molecule has 0 amide bonds. The molecule has 2 aromatic carbocycles. The second-order valence-corrected chi connectivity index (χ2v) is 6.37. The van der Waals surface area contributed by atoms with Crippen LogP contribution in [0.3, 0.4) is 0 Å². The number of ether oxygens (including phenoxy) is 1. The average Bonchev–Trinajstić information content (AvgIpc) is 2.93. The quantitative estimate of drug-likeness (QED) is 0.361. The highest BCUT2D eigenvalue weighted by Gasteiger charge is 2.12. The fourth-order valence-electron chi connectivity index (χ4n) is 3.11. The first-order valence-corrected chi connectivity index (χ1v) is 8.53. The first-order valence-electron chi connectivity index (χ1n) is 8.53. The Balaban J connectivity index is 2.01. The van der Waals surface area contributed by atoms with E-state index in [0.717, 1.165) is 22.6 Å². The van der Waals surface area contributed by atoms with E-state index >= 15 is 0 Å². The monoisotopic (exact) mass is 363 g/mol. The SMILES string of the molecule is COc1ccc([N+](=O)[O-])cc1N=Cc1cc(C)n(-c2cccc(C)c2)c1C. The number of rotatable bonds is 5. The van der Waals surface area contributed by atoms with E-state index in [-0.39, 0.29) is 5.69 Å². The highest BCUT2D eigenvalue weighted by atomic mass is 16.6. The number of aryl methyl sites for hydroxylation is 2. The molecule has 0 aliphatic rings. The number of methoxy groups -OCH3 is 1. The molecule has 3 aromatic rings. The second kappa shape index (κ2) is 7.45. The van der Waals surface area contributed by atoms with E-state index in [9.17, 15) is 10.1 Å². The van der Waals surface area contributed by atoms with Crippen LogP contribution in [0.5, 0.6) is 5.75 Å². The van der Waals surface area contributed by atoms with Crippen LogP contribution in [0, 0.1) is 30.9 Å². The van der Waals surface area contributed by atoms with Crippen molar-refractivity contribution in [2.75, 3.05) is 7.11 Å². The molecule has 1 heterocycles. The van der Waals surface area contributed by atoms with Crippen LogP contribution in [0.1, 0.15) is 22.5 Å². The molecule has 1 aromatic heterocycles. The Morgan fingerprint density at radius 2 is 1.89 bits per heavy atom. The lowest BCUT2D eigenvalue weighted by Gasteiger charge is -2.10. The fourth-order valence-corrected chi connectivity index (χ4v) is 3.11. The molecule has 0 spiro atoms. The first kappa shape index (κ1) is 18.4. The summed E-state index contributed by atoms with van der Waals surface area (Å²) in [4.78, 5) is 15.0. The standard InChI is InChI=1S/C21H21N3O3/c1-14-6-5-7-18(10-14)23-15(2)11-17(16(23)3)13-22-20-12-19(24(25)26)8-9-21(20)27-4/h5-13H,1-4H3. The zero-order valence-corrected chi connectivity index (χ0v) is 15.8. The number of benzene rings is 2. The van der Waals surface area contributed by atoms with E-state index in [2.05, 4.69) is 34.7 Å². The van der Waals surface area contributed by atoms with E-state index in [0.29, 0.717) is 11.4 Å². The Bertz CT molecular complexity index is 1040. The number of hydrogen-bond acceptors (Lipinski definition) is 4. The van der Waals surface area contributed by atoms with E-state index in [1.54, 1.807) is 12.3 Å². The van der Waals surface area contributed by atoms with E-state index in [1.165, 1.54) is 24.8 Å². The maximum absolute atomic E-state index is 11.0. The molecule has 27 heavy (non-hydrogen) atoms. The molecule has 0 saturated heterocycles. The Morgan fingerprint density at radius 1 is 1.11 bits per heavy atom. The highest BCUT2D eigenvalue weighted by molar-refractivity contribution is 5.85. The lowest BCUT2D eigenvalue weighted by atomic mass is 10.2. The number of nitrogens with zero attached hydrogens (tertiary/aromatic N) is 3. The van der Waals surface area contributed by atoms with E-state index in [1.807, 2.05) is 26.0 Å². The van der Waals surface area contributed by atoms with Crippen molar-refractivity contribution in [2.45, 2.75) is 20.8 Å². The van der Waals surface area contributed by atoms with Gasteiger partial charge in [-0.15, -0.1) is 0 Å². The van der Waals surface area contributed by atoms with Crippen molar-refractivity contribution in [3.63, 3.8) is 0 Å². The summed E-state index contributed by atoms with van der Waals surface area (Å²) < 4.78 is 7.43. The molecule has 0 aliphatic heterocycles. The van der Waals surface area contributed by atoms with Gasteiger partial charge in [0, 0.05) is 41.0 Å². The van der Waals surface area contributed by atoms with Crippen molar-refractivity contribution in [3.8, 4) is 11.4 Å². The van der Waals surface area contributed by atoms with Crippen molar-refractivity contribution >= 4 is 17.6 Å². The lowest BCUT2D eigenvalue weighted by molar-refractivity contribution is -0.384. The molecule has 6 nitrogen and oxygen atoms in total. The molecule has 0 aliphatic carbocycles. The van der Waals surface area contributed by atoms with Crippen molar-refractivity contribution in [1.29, 1.82) is 0 Å². The topological polar surface area (TPSA) is 69.7 Å². The van der Waals surface area contributed by atoms with Crippen LogP contribution in [-0.2, 0) is 0 Å². The molecular formula is C21H21N3O3. The third-order valence-corrected chi connectivity index (χ3v) is 4.45. The Hall–Kier alpha value is -3.41. The van der Waals surface area contributed by atoms with Gasteiger partial charge in [0.25, 0.3) is 5.69 Å². The van der Waals surface area contributed by atoms with Crippen molar-refractivity contribution in [2.24, 2.45) is 4.99 Å². The summed E-state index contributed by atoms with van der Waals surface area (Å²) >= 11 is 0. The van der Waals surface area contributed by atoms with Crippen LogP contribution in [0.4, 0.5) is 11.4 Å². The number of aliphatic imine (C=N–C) groups is 1. The summed E-state index contributed by atoms with van der Waals surface area (Å²) in [6.07, 6.45) is 1.72. The maximum atomic E-state index is 11.0. The molecule has 6 heteroatoms. The lowest BCUT2D eigenvalue weighted by Crippen LogP contribution is -1.99. The second-order valence-electron chi connectivity index (χ2n) is 6.37. The van der Waals surface area contributed by atoms with Gasteiger partial charge in [-0.05, 0) is 50.6 Å².